The third kappa shape index (κ3) is 3.26. The topological polar surface area (TPSA) is 111 Å². The zero-order valence-electron chi connectivity index (χ0n) is 14.1. The van der Waals surface area contributed by atoms with Crippen molar-refractivity contribution in [3.63, 3.8) is 0 Å². The number of rotatable bonds is 4. The molecule has 0 saturated carbocycles. The number of nitro groups is 1. The number of anilines is 1. The van der Waals surface area contributed by atoms with Crippen molar-refractivity contribution >= 4 is 23.2 Å². The molecule has 0 aromatic heterocycles. The van der Waals surface area contributed by atoms with Gasteiger partial charge in [-0.2, -0.15) is 0 Å². The Labute approximate surface area is 153 Å². The molecule has 0 spiro atoms. The standard InChI is InChI=1S/C18H15N3O6/c22-17(19-13-2-4-14(5-3-13)21(24)25)12-8-20(9-12)18(23)11-1-6-15-16(7-11)27-10-26-15/h1-7,12H,8-10H2,(H,19,22). The largest absolute Gasteiger partial charge is 0.454 e. The van der Waals surface area contributed by atoms with Crippen LogP contribution in [0.5, 0.6) is 11.5 Å². The van der Waals surface area contributed by atoms with Crippen LogP contribution in [0.2, 0.25) is 0 Å². The molecule has 27 heavy (non-hydrogen) atoms. The van der Waals surface area contributed by atoms with Gasteiger partial charge in [0.25, 0.3) is 11.6 Å². The number of non-ortho nitro benzene ring substituents is 1. The second-order valence-electron chi connectivity index (χ2n) is 6.27. The van der Waals surface area contributed by atoms with Gasteiger partial charge in [0.15, 0.2) is 11.5 Å². The van der Waals surface area contributed by atoms with Crippen molar-refractivity contribution < 1.29 is 24.0 Å². The predicted molar refractivity (Wildman–Crippen MR) is 93.7 cm³/mol. The average molecular weight is 369 g/mol. The number of fused-ring (bicyclic) bond motifs is 1. The highest BCUT2D eigenvalue weighted by atomic mass is 16.7. The first-order chi connectivity index (χ1) is 13.0. The van der Waals surface area contributed by atoms with E-state index in [0.717, 1.165) is 0 Å². The summed E-state index contributed by atoms with van der Waals surface area (Å²) in [5.41, 5.74) is 0.914. The van der Waals surface area contributed by atoms with Crippen LogP contribution in [0.4, 0.5) is 11.4 Å². The van der Waals surface area contributed by atoms with Gasteiger partial charge in [0.05, 0.1) is 10.8 Å². The number of likely N-dealkylation sites (tertiary alicyclic amines) is 1. The fourth-order valence-corrected chi connectivity index (χ4v) is 2.93. The molecule has 0 atom stereocenters. The number of nitrogens with zero attached hydrogens (tertiary/aromatic N) is 2. The smallest absolute Gasteiger partial charge is 0.269 e. The maximum absolute atomic E-state index is 12.5. The van der Waals surface area contributed by atoms with Gasteiger partial charge >= 0.3 is 0 Å². The van der Waals surface area contributed by atoms with Crippen molar-refractivity contribution in [1.82, 2.24) is 4.90 Å². The molecule has 2 amide bonds. The van der Waals surface area contributed by atoms with E-state index in [1.54, 1.807) is 23.1 Å². The van der Waals surface area contributed by atoms with Crippen molar-refractivity contribution in [1.29, 1.82) is 0 Å². The Kier molecular flexibility index (Phi) is 4.11. The van der Waals surface area contributed by atoms with Crippen LogP contribution in [-0.4, -0.2) is 41.5 Å². The SMILES string of the molecule is O=C(Nc1ccc([N+](=O)[O-])cc1)C1CN(C(=O)c2ccc3c(c2)OCO3)C1. The second-order valence-corrected chi connectivity index (χ2v) is 6.27. The molecule has 0 aliphatic carbocycles. The van der Waals surface area contributed by atoms with Crippen LogP contribution in [-0.2, 0) is 4.79 Å². The summed E-state index contributed by atoms with van der Waals surface area (Å²) in [5.74, 6) is 0.425. The number of nitro benzene ring substituents is 1. The third-order valence-electron chi connectivity index (χ3n) is 4.50. The highest BCUT2D eigenvalue weighted by molar-refractivity contribution is 5.99. The molecule has 2 aromatic carbocycles. The molecule has 9 nitrogen and oxygen atoms in total. The number of benzene rings is 2. The van der Waals surface area contributed by atoms with E-state index in [-0.39, 0.29) is 30.2 Å². The zero-order chi connectivity index (χ0) is 19.0. The molecule has 1 fully saturated rings. The summed E-state index contributed by atoms with van der Waals surface area (Å²) < 4.78 is 10.5. The van der Waals surface area contributed by atoms with Gasteiger partial charge in [0, 0.05) is 36.5 Å². The van der Waals surface area contributed by atoms with E-state index in [1.807, 2.05) is 0 Å². The minimum absolute atomic E-state index is 0.0443. The molecule has 1 saturated heterocycles. The first-order valence-electron chi connectivity index (χ1n) is 8.25. The molecule has 0 bridgehead atoms. The molecule has 2 heterocycles. The van der Waals surface area contributed by atoms with Gasteiger partial charge < -0.3 is 19.7 Å². The zero-order valence-corrected chi connectivity index (χ0v) is 14.1. The quantitative estimate of drug-likeness (QED) is 0.652. The lowest BCUT2D eigenvalue weighted by Crippen LogP contribution is -2.54. The number of amides is 2. The number of ether oxygens (including phenoxy) is 2. The van der Waals surface area contributed by atoms with E-state index in [1.165, 1.54) is 24.3 Å². The van der Waals surface area contributed by atoms with Crippen molar-refractivity contribution in [2.24, 2.45) is 5.92 Å². The first-order valence-corrected chi connectivity index (χ1v) is 8.25. The van der Waals surface area contributed by atoms with E-state index >= 15 is 0 Å². The normalized spacial score (nSPS) is 15.2. The number of hydrogen-bond acceptors (Lipinski definition) is 6. The molecule has 1 N–H and O–H groups in total. The molecular weight excluding hydrogens is 354 g/mol. The first kappa shape index (κ1) is 16.8. The second kappa shape index (κ2) is 6.60. The molecular formula is C18H15N3O6. The Morgan fingerprint density at radius 2 is 1.78 bits per heavy atom. The molecule has 2 aliphatic heterocycles. The van der Waals surface area contributed by atoms with E-state index in [9.17, 15) is 19.7 Å². The Balaban J connectivity index is 1.32. The van der Waals surface area contributed by atoms with Gasteiger partial charge in [-0.1, -0.05) is 0 Å². The van der Waals surface area contributed by atoms with Gasteiger partial charge in [-0.3, -0.25) is 19.7 Å². The van der Waals surface area contributed by atoms with Gasteiger partial charge in [0.2, 0.25) is 12.7 Å². The molecule has 4 rings (SSSR count). The summed E-state index contributed by atoms with van der Waals surface area (Å²) in [6, 6.07) is 10.6. The van der Waals surface area contributed by atoms with E-state index in [0.29, 0.717) is 35.8 Å². The van der Waals surface area contributed by atoms with Crippen LogP contribution < -0.4 is 14.8 Å². The van der Waals surface area contributed by atoms with Crippen LogP contribution in [0.25, 0.3) is 0 Å². The molecule has 2 aromatic rings. The highest BCUT2D eigenvalue weighted by Crippen LogP contribution is 2.33. The third-order valence-corrected chi connectivity index (χ3v) is 4.50. The Hall–Kier alpha value is -3.62. The minimum Gasteiger partial charge on any atom is -0.454 e. The summed E-state index contributed by atoms with van der Waals surface area (Å²) in [6.07, 6.45) is 0. The van der Waals surface area contributed by atoms with Crippen LogP contribution in [0.15, 0.2) is 42.5 Å². The van der Waals surface area contributed by atoms with Gasteiger partial charge in [-0.05, 0) is 30.3 Å². The average Bonchev–Trinajstić information content (AvgIpc) is 3.08. The van der Waals surface area contributed by atoms with Crippen molar-refractivity contribution in [3.8, 4) is 11.5 Å². The fraction of sp³-hybridized carbons (Fsp3) is 0.222. The monoisotopic (exact) mass is 369 g/mol. The highest BCUT2D eigenvalue weighted by Gasteiger charge is 2.36. The number of carbonyl (C=O) groups is 2. The van der Waals surface area contributed by atoms with Crippen LogP contribution in [0.3, 0.4) is 0 Å². The molecule has 0 radical (unpaired) electrons. The lowest BCUT2D eigenvalue weighted by molar-refractivity contribution is -0.384. The molecule has 0 unspecified atom stereocenters. The summed E-state index contributed by atoms with van der Waals surface area (Å²) in [7, 11) is 0. The van der Waals surface area contributed by atoms with Crippen molar-refractivity contribution in [3.05, 3.63) is 58.1 Å². The molecule has 2 aliphatic rings. The number of hydrogen-bond donors (Lipinski definition) is 1. The number of nitrogens with one attached hydrogen (secondary N) is 1. The summed E-state index contributed by atoms with van der Waals surface area (Å²) in [4.78, 5) is 36.5. The summed E-state index contributed by atoms with van der Waals surface area (Å²) in [6.45, 7) is 0.764. The van der Waals surface area contributed by atoms with Gasteiger partial charge in [-0.25, -0.2) is 0 Å². The Bertz CT molecular complexity index is 921. The van der Waals surface area contributed by atoms with Crippen molar-refractivity contribution in [2.45, 2.75) is 0 Å². The lowest BCUT2D eigenvalue weighted by atomic mass is 9.97. The van der Waals surface area contributed by atoms with E-state index in [2.05, 4.69) is 5.32 Å². The Morgan fingerprint density at radius 3 is 2.48 bits per heavy atom. The van der Waals surface area contributed by atoms with Gasteiger partial charge in [-0.15, -0.1) is 0 Å². The number of carbonyl (C=O) groups excluding carboxylic acids is 2. The molecule has 138 valence electrons. The summed E-state index contributed by atoms with van der Waals surface area (Å²) >= 11 is 0. The minimum atomic E-state index is -0.503. The predicted octanol–water partition coefficient (Wildman–Crippen LogP) is 2.03. The lowest BCUT2D eigenvalue weighted by Gasteiger charge is -2.38. The van der Waals surface area contributed by atoms with E-state index in [4.69, 9.17) is 9.47 Å². The van der Waals surface area contributed by atoms with Crippen LogP contribution >= 0.6 is 0 Å². The van der Waals surface area contributed by atoms with Crippen LogP contribution in [0.1, 0.15) is 10.4 Å². The van der Waals surface area contributed by atoms with E-state index < -0.39 is 4.92 Å². The summed E-state index contributed by atoms with van der Waals surface area (Å²) in [5, 5.41) is 13.4. The Morgan fingerprint density at radius 1 is 1.07 bits per heavy atom. The van der Waals surface area contributed by atoms with Crippen LogP contribution in [0, 0.1) is 16.0 Å². The maximum Gasteiger partial charge on any atom is 0.269 e. The van der Waals surface area contributed by atoms with Crippen molar-refractivity contribution in [2.75, 3.05) is 25.2 Å². The molecule has 9 heteroatoms. The van der Waals surface area contributed by atoms with Gasteiger partial charge in [0.1, 0.15) is 0 Å². The fourth-order valence-electron chi connectivity index (χ4n) is 2.93. The maximum atomic E-state index is 12.5.